The quantitative estimate of drug-likeness (QED) is 0.406. The Morgan fingerprint density at radius 2 is 2.06 bits per heavy atom. The molecule has 33 heavy (non-hydrogen) atoms. The van der Waals surface area contributed by atoms with Crippen LogP contribution in [0, 0.1) is 24.2 Å². The van der Waals surface area contributed by atoms with Crippen LogP contribution in [0.15, 0.2) is 57.5 Å². The number of anilines is 1. The van der Waals surface area contributed by atoms with Crippen LogP contribution in [-0.4, -0.2) is 30.6 Å². The fourth-order valence-corrected chi connectivity index (χ4v) is 4.87. The number of halogens is 2. The third kappa shape index (κ3) is 5.77. The summed E-state index contributed by atoms with van der Waals surface area (Å²) in [6, 6.07) is 14.3. The number of nitrogens with zero attached hydrogens (tertiary/aromatic N) is 1. The van der Waals surface area contributed by atoms with Gasteiger partial charge in [0.2, 0.25) is 11.8 Å². The number of amides is 2. The number of nitriles is 1. The molecule has 1 heterocycles. The van der Waals surface area contributed by atoms with Gasteiger partial charge in [-0.05, 0) is 42.3 Å². The van der Waals surface area contributed by atoms with Crippen molar-refractivity contribution in [2.24, 2.45) is 5.92 Å². The minimum atomic E-state index is -1.23. The molecule has 2 amide bonds. The average Bonchev–Trinajstić information content (AvgIpc) is 2.79. The van der Waals surface area contributed by atoms with E-state index < -0.39 is 23.7 Å². The second-order valence-electron chi connectivity index (χ2n) is 7.17. The Balaban J connectivity index is 1.90. The lowest BCUT2D eigenvalue weighted by Crippen LogP contribution is -2.44. The lowest BCUT2D eigenvalue weighted by atomic mass is 9.78. The molecule has 0 spiro atoms. The van der Waals surface area contributed by atoms with Crippen LogP contribution in [0.25, 0.3) is 0 Å². The highest BCUT2D eigenvalue weighted by Gasteiger charge is 2.44. The minimum Gasteiger partial charge on any atom is -0.468 e. The maximum atomic E-state index is 12.9. The normalized spacial score (nSPS) is 17.7. The van der Waals surface area contributed by atoms with Crippen molar-refractivity contribution in [3.8, 4) is 6.07 Å². The second kappa shape index (κ2) is 10.9. The van der Waals surface area contributed by atoms with Crippen LogP contribution in [0.1, 0.15) is 17.0 Å². The summed E-state index contributed by atoms with van der Waals surface area (Å²) in [5, 5.41) is 16.0. The molecule has 1 aliphatic heterocycles. The van der Waals surface area contributed by atoms with E-state index in [1.807, 2.05) is 6.92 Å². The molecule has 3 rings (SSSR count). The van der Waals surface area contributed by atoms with Gasteiger partial charge in [-0.3, -0.25) is 14.4 Å². The van der Waals surface area contributed by atoms with Crippen molar-refractivity contribution in [1.82, 2.24) is 5.32 Å². The fraction of sp³-hybridized carbons (Fsp3) is 0.217. The molecule has 0 saturated heterocycles. The third-order valence-electron chi connectivity index (χ3n) is 5.01. The molecule has 2 aromatic rings. The first-order valence-electron chi connectivity index (χ1n) is 9.72. The summed E-state index contributed by atoms with van der Waals surface area (Å²) in [4.78, 5) is 37.8. The number of carbonyl (C=O) groups excluding carboxylic acids is 3. The fourth-order valence-electron chi connectivity index (χ4n) is 3.43. The number of ether oxygens (including phenoxy) is 1. The van der Waals surface area contributed by atoms with Crippen LogP contribution >= 0.6 is 39.3 Å². The lowest BCUT2D eigenvalue weighted by Gasteiger charge is -2.31. The van der Waals surface area contributed by atoms with Crippen LogP contribution in [-0.2, 0) is 19.1 Å². The van der Waals surface area contributed by atoms with Gasteiger partial charge in [0.25, 0.3) is 0 Å². The highest BCUT2D eigenvalue weighted by atomic mass is 79.9. The number of aryl methyl sites for hydroxylation is 1. The van der Waals surface area contributed by atoms with E-state index in [-0.39, 0.29) is 22.3 Å². The summed E-state index contributed by atoms with van der Waals surface area (Å²) >= 11 is 10.4. The van der Waals surface area contributed by atoms with E-state index in [2.05, 4.69) is 32.6 Å². The molecule has 1 aliphatic rings. The van der Waals surface area contributed by atoms with Crippen LogP contribution < -0.4 is 10.6 Å². The number of methoxy groups -OCH3 is 1. The van der Waals surface area contributed by atoms with Gasteiger partial charge >= 0.3 is 5.97 Å². The van der Waals surface area contributed by atoms with Crippen molar-refractivity contribution in [2.75, 3.05) is 18.2 Å². The van der Waals surface area contributed by atoms with Gasteiger partial charge in [-0.1, -0.05) is 57.5 Å². The Kier molecular flexibility index (Phi) is 8.19. The second-order valence-corrected chi connectivity index (χ2v) is 9.51. The van der Waals surface area contributed by atoms with Gasteiger partial charge in [-0.25, -0.2) is 0 Å². The van der Waals surface area contributed by atoms with Gasteiger partial charge in [0.1, 0.15) is 5.92 Å². The first-order chi connectivity index (χ1) is 15.7. The number of nitrogens with one attached hydrogen (secondary N) is 2. The summed E-state index contributed by atoms with van der Waals surface area (Å²) < 4.78 is 5.56. The molecular formula is C23H19BrClN3O4S. The zero-order valence-corrected chi connectivity index (χ0v) is 20.8. The van der Waals surface area contributed by atoms with Crippen molar-refractivity contribution in [3.05, 3.63) is 73.7 Å². The van der Waals surface area contributed by atoms with Gasteiger partial charge in [-0.15, -0.1) is 0 Å². The number of benzene rings is 2. The molecule has 7 nitrogen and oxygen atoms in total. The number of rotatable bonds is 6. The lowest BCUT2D eigenvalue weighted by molar-refractivity contribution is -0.150. The standard InChI is InChI=1S/C23H19BrClN3O4S/c1-12-6-7-15(25)9-17(12)27-18(29)11-33-22-16(10-26)19(13-4-3-5-14(24)8-13)20(21(30)28-22)23(31)32-2/h3-9,19-20H,11H2,1-2H3,(H,27,29)(H,28,30)/t19-,20+/m0/s1. The highest BCUT2D eigenvalue weighted by molar-refractivity contribution is 9.10. The van der Waals surface area contributed by atoms with Crippen molar-refractivity contribution in [1.29, 1.82) is 5.26 Å². The van der Waals surface area contributed by atoms with E-state index in [9.17, 15) is 19.6 Å². The first kappa shape index (κ1) is 24.8. The van der Waals surface area contributed by atoms with E-state index in [1.165, 1.54) is 7.11 Å². The number of allylic oxidation sites excluding steroid dienone is 1. The summed E-state index contributed by atoms with van der Waals surface area (Å²) in [6.45, 7) is 1.84. The molecular weight excluding hydrogens is 530 g/mol. The summed E-state index contributed by atoms with van der Waals surface area (Å²) in [6.07, 6.45) is 0. The SMILES string of the molecule is COC(=O)[C@H]1C(=O)NC(SCC(=O)Nc2cc(Cl)ccc2C)=C(C#N)[C@@H]1c1cccc(Br)c1. The molecule has 2 N–H and O–H groups in total. The van der Waals surface area contributed by atoms with Gasteiger partial charge < -0.3 is 15.4 Å². The van der Waals surface area contributed by atoms with Crippen molar-refractivity contribution in [3.63, 3.8) is 0 Å². The van der Waals surface area contributed by atoms with Gasteiger partial charge in [0, 0.05) is 21.1 Å². The Hall–Kier alpha value is -2.80. The third-order valence-corrected chi connectivity index (χ3v) is 6.76. The maximum absolute atomic E-state index is 12.9. The van der Waals surface area contributed by atoms with Crippen LogP contribution in [0.3, 0.4) is 0 Å². The highest BCUT2D eigenvalue weighted by Crippen LogP contribution is 2.40. The van der Waals surface area contributed by atoms with Crippen LogP contribution in [0.4, 0.5) is 5.69 Å². The summed E-state index contributed by atoms with van der Waals surface area (Å²) in [5.74, 6) is -3.83. The number of esters is 1. The largest absolute Gasteiger partial charge is 0.468 e. The Labute approximate surface area is 208 Å². The molecule has 0 aromatic heterocycles. The van der Waals surface area contributed by atoms with Crippen LogP contribution in [0.2, 0.25) is 5.02 Å². The first-order valence-corrected chi connectivity index (χ1v) is 11.9. The molecule has 0 unspecified atom stereocenters. The molecule has 0 fully saturated rings. The molecule has 0 saturated carbocycles. The van der Waals surface area contributed by atoms with E-state index >= 15 is 0 Å². The smallest absolute Gasteiger partial charge is 0.319 e. The van der Waals surface area contributed by atoms with E-state index in [1.54, 1.807) is 42.5 Å². The number of hydrogen-bond acceptors (Lipinski definition) is 6. The van der Waals surface area contributed by atoms with E-state index in [0.717, 1.165) is 21.8 Å². The predicted octanol–water partition coefficient (Wildman–Crippen LogP) is 4.52. The number of carbonyl (C=O) groups is 3. The monoisotopic (exact) mass is 547 g/mol. The van der Waals surface area contributed by atoms with Crippen molar-refractivity contribution < 1.29 is 19.1 Å². The van der Waals surface area contributed by atoms with E-state index in [4.69, 9.17) is 16.3 Å². The molecule has 0 radical (unpaired) electrons. The van der Waals surface area contributed by atoms with Crippen molar-refractivity contribution >= 4 is 62.8 Å². The predicted molar refractivity (Wildman–Crippen MR) is 130 cm³/mol. The Morgan fingerprint density at radius 3 is 2.73 bits per heavy atom. The maximum Gasteiger partial charge on any atom is 0.319 e. The Bertz CT molecular complexity index is 1190. The average molecular weight is 549 g/mol. The van der Waals surface area contributed by atoms with E-state index in [0.29, 0.717) is 16.3 Å². The Morgan fingerprint density at radius 1 is 1.30 bits per heavy atom. The molecule has 2 aromatic carbocycles. The molecule has 0 aliphatic carbocycles. The summed E-state index contributed by atoms with van der Waals surface area (Å²) in [5.41, 5.74) is 2.20. The van der Waals surface area contributed by atoms with Crippen molar-refractivity contribution in [2.45, 2.75) is 12.8 Å². The zero-order chi connectivity index (χ0) is 24.1. The molecule has 170 valence electrons. The molecule has 10 heteroatoms. The number of hydrogen-bond donors (Lipinski definition) is 2. The zero-order valence-electron chi connectivity index (χ0n) is 17.6. The van der Waals surface area contributed by atoms with Gasteiger partial charge in [0.15, 0.2) is 0 Å². The van der Waals surface area contributed by atoms with Gasteiger partial charge in [0.05, 0.1) is 29.5 Å². The molecule has 0 bridgehead atoms. The summed E-state index contributed by atoms with van der Waals surface area (Å²) in [7, 11) is 1.19. The molecule has 2 atom stereocenters. The number of thioether (sulfide) groups is 1. The minimum absolute atomic E-state index is 0.0686. The van der Waals surface area contributed by atoms with Gasteiger partial charge in [-0.2, -0.15) is 5.26 Å². The topological polar surface area (TPSA) is 108 Å². The van der Waals surface area contributed by atoms with Crippen LogP contribution in [0.5, 0.6) is 0 Å².